The monoisotopic (exact) mass is 256 g/mol. The first-order valence-electron chi connectivity index (χ1n) is 6.83. The lowest BCUT2D eigenvalue weighted by Gasteiger charge is -2.26. The van der Waals surface area contributed by atoms with Crippen molar-refractivity contribution in [3.05, 3.63) is 58.9 Å². The molecule has 0 heterocycles. The summed E-state index contributed by atoms with van der Waals surface area (Å²) in [7, 11) is 1.80. The van der Waals surface area contributed by atoms with Gasteiger partial charge in [-0.25, -0.2) is 5.84 Å². The van der Waals surface area contributed by atoms with Crippen molar-refractivity contribution in [3.63, 3.8) is 0 Å². The maximum absolute atomic E-state index is 5.68. The largest absolute Gasteiger partial charge is 0.315 e. The van der Waals surface area contributed by atoms with Crippen molar-refractivity contribution in [2.24, 2.45) is 11.3 Å². The highest BCUT2D eigenvalue weighted by Crippen LogP contribution is 2.50. The molecule has 2 nitrogen and oxygen atoms in total. The molecule has 0 saturated carbocycles. The molecular weight excluding hydrogens is 232 g/mol. The van der Waals surface area contributed by atoms with Gasteiger partial charge in [-0.05, 0) is 37.0 Å². The van der Waals surface area contributed by atoms with Crippen LogP contribution in [0.25, 0.3) is 0 Å². The topological polar surface area (TPSA) is 29.3 Å². The number of likely N-dealkylation sites (N-methyl/N-ethyl adjacent to an activating group) is 1. The Morgan fingerprint density at radius 3 is 2.79 bits per heavy atom. The van der Waals surface area contributed by atoms with E-state index in [1.807, 2.05) is 6.08 Å². The molecule has 0 radical (unpaired) electrons. The van der Waals surface area contributed by atoms with Crippen LogP contribution in [0.1, 0.15) is 33.6 Å². The quantitative estimate of drug-likeness (QED) is 0.472. The summed E-state index contributed by atoms with van der Waals surface area (Å²) in [6.45, 7) is 10.8. The molecule has 0 saturated heterocycles. The molecule has 0 fully saturated rings. The Labute approximate surface area is 116 Å². The summed E-state index contributed by atoms with van der Waals surface area (Å²) in [6.07, 6.45) is 11.0. The van der Waals surface area contributed by atoms with Crippen LogP contribution in [0.15, 0.2) is 58.9 Å². The average molecular weight is 256 g/mol. The van der Waals surface area contributed by atoms with Crippen LogP contribution in [0.5, 0.6) is 0 Å². The molecule has 2 N–H and O–H groups in total. The van der Waals surface area contributed by atoms with E-state index in [1.54, 1.807) is 17.6 Å². The van der Waals surface area contributed by atoms with E-state index >= 15 is 0 Å². The molecule has 0 aliphatic heterocycles. The number of hydrazine groups is 1. The van der Waals surface area contributed by atoms with E-state index in [9.17, 15) is 0 Å². The third kappa shape index (κ3) is 2.33. The van der Waals surface area contributed by atoms with E-state index in [0.717, 1.165) is 12.1 Å². The number of hydrogen-bond acceptors (Lipinski definition) is 2. The predicted octanol–water partition coefficient (Wildman–Crippen LogP) is 3.86. The molecule has 0 amide bonds. The van der Waals surface area contributed by atoms with Gasteiger partial charge in [0.25, 0.3) is 0 Å². The first-order chi connectivity index (χ1) is 8.85. The van der Waals surface area contributed by atoms with Crippen molar-refractivity contribution in [2.75, 3.05) is 7.05 Å². The van der Waals surface area contributed by atoms with Gasteiger partial charge in [-0.15, -0.1) is 0 Å². The van der Waals surface area contributed by atoms with Crippen LogP contribution in [0.3, 0.4) is 0 Å². The van der Waals surface area contributed by atoms with E-state index < -0.39 is 0 Å². The molecule has 0 atom stereocenters. The van der Waals surface area contributed by atoms with Crippen LogP contribution in [-0.4, -0.2) is 12.1 Å². The molecule has 0 aromatic carbocycles. The lowest BCUT2D eigenvalue weighted by atomic mass is 9.78. The molecule has 19 heavy (non-hydrogen) atoms. The minimum atomic E-state index is 0.176. The van der Waals surface area contributed by atoms with Gasteiger partial charge in [-0.2, -0.15) is 0 Å². The van der Waals surface area contributed by atoms with Gasteiger partial charge in [0.15, 0.2) is 0 Å². The van der Waals surface area contributed by atoms with Gasteiger partial charge in [-0.3, -0.25) is 0 Å². The molecule has 2 heteroatoms. The van der Waals surface area contributed by atoms with Gasteiger partial charge in [0.05, 0.1) is 0 Å². The number of nitrogens with two attached hydrogens (primary N) is 1. The first-order valence-corrected chi connectivity index (χ1v) is 6.83. The van der Waals surface area contributed by atoms with Crippen molar-refractivity contribution in [2.45, 2.75) is 33.6 Å². The maximum Gasteiger partial charge on any atom is 0.0442 e. The normalized spacial score (nSPS) is 21.3. The molecule has 2 rings (SSSR count). The Hall–Kier alpha value is -1.54. The minimum Gasteiger partial charge on any atom is -0.315 e. The molecule has 0 spiro atoms. The zero-order valence-electron chi connectivity index (χ0n) is 12.5. The Kier molecular flexibility index (Phi) is 3.55. The van der Waals surface area contributed by atoms with Crippen molar-refractivity contribution in [1.29, 1.82) is 0 Å². The Bertz CT molecular complexity index is 525. The SMILES string of the molecule is C=C(/C=C\C1=C(C)C(C)(C)C2=C1C=CCC2)N(C)N. The lowest BCUT2D eigenvalue weighted by Crippen LogP contribution is -2.23. The zero-order valence-corrected chi connectivity index (χ0v) is 12.5. The second kappa shape index (κ2) is 4.86. The second-order valence-corrected chi connectivity index (χ2v) is 5.93. The second-order valence-electron chi connectivity index (χ2n) is 5.93. The molecule has 2 aliphatic carbocycles. The third-order valence-corrected chi connectivity index (χ3v) is 4.45. The summed E-state index contributed by atoms with van der Waals surface area (Å²) in [5, 5.41) is 1.54. The fourth-order valence-electron chi connectivity index (χ4n) is 2.84. The summed E-state index contributed by atoms with van der Waals surface area (Å²) >= 11 is 0. The number of allylic oxidation sites excluding steroid dienone is 8. The van der Waals surface area contributed by atoms with Crippen molar-refractivity contribution in [1.82, 2.24) is 5.01 Å². The smallest absolute Gasteiger partial charge is 0.0442 e. The molecule has 102 valence electrons. The standard InChI is InChI=1S/C17H24N2/c1-12(19(5)18)10-11-14-13(2)17(3,4)16-9-7-6-8-15(14)16/h6,8,10-11H,1,7,9,18H2,2-5H3/b11-10-. The molecule has 2 aliphatic rings. The number of rotatable bonds is 3. The first kappa shape index (κ1) is 13.9. The molecule has 0 unspecified atom stereocenters. The number of nitrogens with zero attached hydrogens (tertiary/aromatic N) is 1. The summed E-state index contributed by atoms with van der Waals surface area (Å²) in [6, 6.07) is 0. The van der Waals surface area contributed by atoms with Crippen molar-refractivity contribution >= 4 is 0 Å². The fourth-order valence-corrected chi connectivity index (χ4v) is 2.84. The fraction of sp³-hybridized carbons (Fsp3) is 0.412. The highest BCUT2D eigenvalue weighted by atomic mass is 15.4. The minimum absolute atomic E-state index is 0.176. The van der Waals surface area contributed by atoms with Crippen LogP contribution in [0.4, 0.5) is 0 Å². The highest BCUT2D eigenvalue weighted by Gasteiger charge is 2.35. The average Bonchev–Trinajstić information content (AvgIpc) is 2.56. The van der Waals surface area contributed by atoms with Crippen molar-refractivity contribution in [3.8, 4) is 0 Å². The van der Waals surface area contributed by atoms with E-state index in [4.69, 9.17) is 5.84 Å². The van der Waals surface area contributed by atoms with Crippen LogP contribution in [-0.2, 0) is 0 Å². The van der Waals surface area contributed by atoms with Crippen molar-refractivity contribution < 1.29 is 0 Å². The van der Waals surface area contributed by atoms with Gasteiger partial charge in [0.2, 0.25) is 0 Å². The predicted molar refractivity (Wildman–Crippen MR) is 82.1 cm³/mol. The van der Waals surface area contributed by atoms with Gasteiger partial charge < -0.3 is 5.01 Å². The molecule has 0 bridgehead atoms. The van der Waals surface area contributed by atoms with Gasteiger partial charge in [0.1, 0.15) is 0 Å². The van der Waals surface area contributed by atoms with Gasteiger partial charge in [0, 0.05) is 18.2 Å². The summed E-state index contributed by atoms with van der Waals surface area (Å²) < 4.78 is 0. The zero-order chi connectivity index (χ0) is 14.2. The van der Waals surface area contributed by atoms with Gasteiger partial charge >= 0.3 is 0 Å². The summed E-state index contributed by atoms with van der Waals surface area (Å²) in [5.41, 5.74) is 6.73. The van der Waals surface area contributed by atoms with E-state index in [1.165, 1.54) is 23.1 Å². The summed E-state index contributed by atoms with van der Waals surface area (Å²) in [5.74, 6) is 5.68. The molecule has 0 aromatic heterocycles. The van der Waals surface area contributed by atoms with Crippen LogP contribution in [0, 0.1) is 5.41 Å². The van der Waals surface area contributed by atoms with E-state index in [0.29, 0.717) is 0 Å². The van der Waals surface area contributed by atoms with E-state index in [-0.39, 0.29) is 5.41 Å². The Morgan fingerprint density at radius 1 is 1.47 bits per heavy atom. The third-order valence-electron chi connectivity index (χ3n) is 4.45. The highest BCUT2D eigenvalue weighted by molar-refractivity contribution is 5.62. The van der Waals surface area contributed by atoms with E-state index in [2.05, 4.69) is 45.6 Å². The lowest BCUT2D eigenvalue weighted by molar-refractivity contribution is 0.457. The Morgan fingerprint density at radius 2 is 2.16 bits per heavy atom. The van der Waals surface area contributed by atoms with Crippen LogP contribution < -0.4 is 5.84 Å². The van der Waals surface area contributed by atoms with Crippen LogP contribution in [0.2, 0.25) is 0 Å². The molecule has 0 aromatic rings. The molecular formula is C17H24N2. The number of hydrogen-bond donors (Lipinski definition) is 1. The van der Waals surface area contributed by atoms with Gasteiger partial charge in [-0.1, -0.05) is 49.8 Å². The summed E-state index contributed by atoms with van der Waals surface area (Å²) in [4.78, 5) is 0. The Balaban J connectivity index is 2.39. The maximum atomic E-state index is 5.68. The van der Waals surface area contributed by atoms with Crippen LogP contribution >= 0.6 is 0 Å².